The number of rotatable bonds is 3. The number of aromatic hydroxyl groups is 1. The van der Waals surface area contributed by atoms with Crippen molar-refractivity contribution in [2.75, 3.05) is 12.3 Å². The van der Waals surface area contributed by atoms with Gasteiger partial charge in [-0.05, 0) is 48.4 Å². The molecule has 1 aliphatic carbocycles. The Morgan fingerprint density at radius 1 is 1.14 bits per heavy atom. The summed E-state index contributed by atoms with van der Waals surface area (Å²) in [5.41, 5.74) is 2.09. The van der Waals surface area contributed by atoms with Crippen molar-refractivity contribution in [1.82, 2.24) is 4.31 Å². The molecule has 21 heavy (non-hydrogen) atoms. The highest BCUT2D eigenvalue weighted by molar-refractivity contribution is 7.89. The quantitative estimate of drug-likeness (QED) is 0.934. The number of fused-ring (bicyclic) bond motifs is 1. The molecule has 1 N–H and O–H groups in total. The Balaban J connectivity index is 1.71. The van der Waals surface area contributed by atoms with Gasteiger partial charge < -0.3 is 5.11 Å². The lowest BCUT2D eigenvalue weighted by Crippen LogP contribution is -2.39. The Bertz CT molecular complexity index is 606. The van der Waals surface area contributed by atoms with Crippen LogP contribution in [-0.4, -0.2) is 30.1 Å². The van der Waals surface area contributed by atoms with Gasteiger partial charge in [-0.25, -0.2) is 8.42 Å². The summed E-state index contributed by atoms with van der Waals surface area (Å²) in [5.74, 6) is 0.829. The average molecular weight is 309 g/mol. The molecule has 3 rings (SSSR count). The zero-order chi connectivity index (χ0) is 14.9. The molecule has 0 aromatic heterocycles. The lowest BCUT2D eigenvalue weighted by molar-refractivity contribution is 0.357. The van der Waals surface area contributed by atoms with E-state index in [0.29, 0.717) is 24.8 Å². The van der Waals surface area contributed by atoms with Crippen molar-refractivity contribution in [3.05, 3.63) is 29.3 Å². The van der Waals surface area contributed by atoms with E-state index in [1.54, 1.807) is 16.4 Å². The minimum absolute atomic E-state index is 0.209. The number of hydrogen-bond acceptors (Lipinski definition) is 3. The fraction of sp³-hybridized carbons (Fsp3) is 0.625. The molecule has 1 aliphatic heterocycles. The molecule has 0 bridgehead atoms. The van der Waals surface area contributed by atoms with Gasteiger partial charge in [-0.15, -0.1) is 0 Å². The van der Waals surface area contributed by atoms with Gasteiger partial charge in [0.05, 0.1) is 5.75 Å². The van der Waals surface area contributed by atoms with E-state index in [1.807, 2.05) is 6.07 Å². The van der Waals surface area contributed by atoms with Gasteiger partial charge in [0, 0.05) is 13.1 Å². The van der Waals surface area contributed by atoms with Gasteiger partial charge >= 0.3 is 0 Å². The van der Waals surface area contributed by atoms with Crippen LogP contribution in [0.5, 0.6) is 5.75 Å². The second-order valence-corrected chi connectivity index (χ2v) is 8.33. The van der Waals surface area contributed by atoms with E-state index in [2.05, 4.69) is 0 Å². The molecule has 0 atom stereocenters. The summed E-state index contributed by atoms with van der Waals surface area (Å²) in [5, 5.41) is 9.57. The van der Waals surface area contributed by atoms with Gasteiger partial charge in [0.15, 0.2) is 0 Å². The van der Waals surface area contributed by atoms with E-state index < -0.39 is 10.0 Å². The van der Waals surface area contributed by atoms with E-state index in [9.17, 15) is 13.5 Å². The molecule has 5 heteroatoms. The van der Waals surface area contributed by atoms with Gasteiger partial charge in [0.1, 0.15) is 5.75 Å². The number of phenolic OH excluding ortho intramolecular Hbond substituents is 1. The summed E-state index contributed by atoms with van der Waals surface area (Å²) >= 11 is 0. The van der Waals surface area contributed by atoms with E-state index in [1.165, 1.54) is 6.42 Å². The molecular formula is C16H23NO3S. The third-order valence-electron chi connectivity index (χ3n) is 4.73. The molecular weight excluding hydrogens is 286 g/mol. The van der Waals surface area contributed by atoms with Gasteiger partial charge in [0.2, 0.25) is 10.0 Å². The highest BCUT2D eigenvalue weighted by Gasteiger charge is 2.29. The monoisotopic (exact) mass is 309 g/mol. The van der Waals surface area contributed by atoms with Crippen LogP contribution in [0.4, 0.5) is 0 Å². The van der Waals surface area contributed by atoms with Crippen LogP contribution in [0, 0.1) is 5.92 Å². The summed E-state index contributed by atoms with van der Waals surface area (Å²) in [6, 6.07) is 5.26. The van der Waals surface area contributed by atoms with Crippen molar-refractivity contribution in [2.24, 2.45) is 5.92 Å². The zero-order valence-corrected chi connectivity index (χ0v) is 13.1. The first-order chi connectivity index (χ1) is 10.0. The molecule has 0 radical (unpaired) electrons. The Labute approximate surface area is 126 Å². The van der Waals surface area contributed by atoms with Crippen LogP contribution in [0.3, 0.4) is 0 Å². The molecule has 116 valence electrons. The normalized spacial score (nSPS) is 21.1. The Kier molecular flexibility index (Phi) is 4.22. The number of benzene rings is 1. The van der Waals surface area contributed by atoms with E-state index in [4.69, 9.17) is 0 Å². The van der Waals surface area contributed by atoms with Gasteiger partial charge in [-0.1, -0.05) is 25.3 Å². The predicted molar refractivity (Wildman–Crippen MR) is 82.6 cm³/mol. The number of phenols is 1. The topological polar surface area (TPSA) is 57.6 Å². The third kappa shape index (κ3) is 3.40. The SMILES string of the molecule is O=S(=O)(CC1CCCCC1)N1CCc2ccc(O)cc2C1. The van der Waals surface area contributed by atoms with Crippen molar-refractivity contribution >= 4 is 10.0 Å². The summed E-state index contributed by atoms with van der Waals surface area (Å²) < 4.78 is 26.8. The summed E-state index contributed by atoms with van der Waals surface area (Å²) in [7, 11) is -3.19. The smallest absolute Gasteiger partial charge is 0.214 e. The van der Waals surface area contributed by atoms with E-state index in [0.717, 1.165) is 43.2 Å². The van der Waals surface area contributed by atoms with Gasteiger partial charge in [-0.3, -0.25) is 0 Å². The molecule has 4 nitrogen and oxygen atoms in total. The molecule has 1 saturated carbocycles. The maximum Gasteiger partial charge on any atom is 0.214 e. The van der Waals surface area contributed by atoms with Crippen molar-refractivity contribution in [3.63, 3.8) is 0 Å². The molecule has 1 heterocycles. The van der Waals surface area contributed by atoms with Crippen LogP contribution in [0.1, 0.15) is 43.2 Å². The van der Waals surface area contributed by atoms with Crippen molar-refractivity contribution < 1.29 is 13.5 Å². The molecule has 0 saturated heterocycles. The standard InChI is InChI=1S/C16H23NO3S/c18-16-7-6-14-8-9-17(11-15(14)10-16)21(19,20)12-13-4-2-1-3-5-13/h6-7,10,13,18H,1-5,8-9,11-12H2. The maximum atomic E-state index is 12.6. The summed E-state index contributed by atoms with van der Waals surface area (Å²) in [4.78, 5) is 0. The fourth-order valence-electron chi connectivity index (χ4n) is 3.51. The Morgan fingerprint density at radius 3 is 2.67 bits per heavy atom. The number of nitrogens with zero attached hydrogens (tertiary/aromatic N) is 1. The minimum Gasteiger partial charge on any atom is -0.508 e. The largest absolute Gasteiger partial charge is 0.508 e. The van der Waals surface area contributed by atoms with E-state index in [-0.39, 0.29) is 5.75 Å². The second-order valence-electron chi connectivity index (χ2n) is 6.32. The minimum atomic E-state index is -3.19. The molecule has 2 aliphatic rings. The lowest BCUT2D eigenvalue weighted by atomic mass is 9.91. The number of sulfonamides is 1. The fourth-order valence-corrected chi connectivity index (χ4v) is 5.36. The van der Waals surface area contributed by atoms with E-state index >= 15 is 0 Å². The molecule has 1 aromatic rings. The van der Waals surface area contributed by atoms with Crippen LogP contribution in [0.15, 0.2) is 18.2 Å². The maximum absolute atomic E-state index is 12.6. The average Bonchev–Trinajstić information content (AvgIpc) is 2.47. The summed E-state index contributed by atoms with van der Waals surface area (Å²) in [6.45, 7) is 0.964. The molecule has 0 amide bonds. The molecule has 1 fully saturated rings. The highest BCUT2D eigenvalue weighted by Crippen LogP contribution is 2.29. The Morgan fingerprint density at radius 2 is 1.90 bits per heavy atom. The zero-order valence-electron chi connectivity index (χ0n) is 12.3. The van der Waals surface area contributed by atoms with Crippen LogP contribution < -0.4 is 0 Å². The Hall–Kier alpha value is -1.07. The van der Waals surface area contributed by atoms with Crippen LogP contribution in [0.2, 0.25) is 0 Å². The number of hydrogen-bond donors (Lipinski definition) is 1. The lowest BCUT2D eigenvalue weighted by Gasteiger charge is -2.30. The highest BCUT2D eigenvalue weighted by atomic mass is 32.2. The van der Waals surface area contributed by atoms with Crippen LogP contribution in [0.25, 0.3) is 0 Å². The van der Waals surface area contributed by atoms with Crippen LogP contribution in [-0.2, 0) is 23.0 Å². The summed E-state index contributed by atoms with van der Waals surface area (Å²) in [6.07, 6.45) is 6.40. The first-order valence-corrected chi connectivity index (χ1v) is 9.44. The first-order valence-electron chi connectivity index (χ1n) is 7.83. The van der Waals surface area contributed by atoms with Crippen molar-refractivity contribution in [2.45, 2.75) is 45.1 Å². The molecule has 0 unspecified atom stereocenters. The van der Waals surface area contributed by atoms with Crippen LogP contribution >= 0.6 is 0 Å². The first kappa shape index (κ1) is 14.9. The third-order valence-corrected chi connectivity index (χ3v) is 6.72. The van der Waals surface area contributed by atoms with Gasteiger partial charge in [0.25, 0.3) is 0 Å². The molecule has 0 spiro atoms. The van der Waals surface area contributed by atoms with Crippen molar-refractivity contribution in [3.8, 4) is 5.75 Å². The molecule has 1 aromatic carbocycles. The van der Waals surface area contributed by atoms with Crippen molar-refractivity contribution in [1.29, 1.82) is 0 Å². The predicted octanol–water partition coefficient (Wildman–Crippen LogP) is 2.66. The second kappa shape index (κ2) is 5.97. The van der Waals surface area contributed by atoms with Gasteiger partial charge in [-0.2, -0.15) is 4.31 Å².